The van der Waals surface area contributed by atoms with Crippen molar-refractivity contribution in [3.05, 3.63) is 108 Å². The first kappa shape index (κ1) is 21.1. The van der Waals surface area contributed by atoms with Crippen molar-refractivity contribution in [1.82, 2.24) is 0 Å². The van der Waals surface area contributed by atoms with E-state index in [1.807, 2.05) is 18.2 Å². The quantitative estimate of drug-likeness (QED) is 0.327. The molecule has 0 amide bonds. The highest BCUT2D eigenvalue weighted by atomic mass is 31.2. The molecule has 0 spiro atoms. The number of rotatable bonds is 8. The molecule has 0 bridgehead atoms. The van der Waals surface area contributed by atoms with Crippen LogP contribution >= 0.6 is 7.60 Å². The molecule has 1 unspecified atom stereocenters. The van der Waals surface area contributed by atoms with Crippen LogP contribution in [0.25, 0.3) is 0 Å². The number of ketones is 1. The molecule has 0 fully saturated rings. The van der Waals surface area contributed by atoms with E-state index in [4.69, 9.17) is 14.3 Å². The summed E-state index contributed by atoms with van der Waals surface area (Å²) in [7, 11) is -4.03. The van der Waals surface area contributed by atoms with Gasteiger partial charge in [-0.05, 0) is 48.9 Å². The fourth-order valence-corrected chi connectivity index (χ4v) is 5.07. The van der Waals surface area contributed by atoms with Gasteiger partial charge in [0, 0.05) is 5.57 Å². The molecule has 0 heterocycles. The molecule has 3 aromatic carbocycles. The Morgan fingerprint density at radius 3 is 1.77 bits per heavy atom. The molecular weight excluding hydrogens is 397 g/mol. The smallest absolute Gasteiger partial charge is 0.415 e. The number of nitrogens with zero attached hydrogens (tertiary/aromatic N) is 1. The first-order valence-corrected chi connectivity index (χ1v) is 10.8. The van der Waals surface area contributed by atoms with E-state index in [2.05, 4.69) is 6.58 Å². The molecule has 6 heteroatoms. The van der Waals surface area contributed by atoms with Gasteiger partial charge < -0.3 is 9.05 Å². The first-order valence-electron chi connectivity index (χ1n) is 9.22. The van der Waals surface area contributed by atoms with E-state index in [1.165, 1.54) is 6.92 Å². The Hall–Kier alpha value is -3.61. The highest BCUT2D eigenvalue weighted by molar-refractivity contribution is 7.55. The second kappa shape index (κ2) is 9.26. The molecule has 0 radical (unpaired) electrons. The standard InChI is InChI=1S/C24H20NO4P/c1-18(19(2)26)24(21-15-13-20(17-25)14-16-21)30(27,28-22-9-5-3-6-10-22)29-23-11-7-4-8-12-23/h3-16,24H,1H2,2H3. The van der Waals surface area contributed by atoms with E-state index in [-0.39, 0.29) is 11.4 Å². The molecule has 1 atom stereocenters. The van der Waals surface area contributed by atoms with Crippen LogP contribution in [0.1, 0.15) is 23.7 Å². The van der Waals surface area contributed by atoms with Crippen molar-refractivity contribution in [2.75, 3.05) is 0 Å². The zero-order chi connectivity index (χ0) is 21.6. The predicted molar refractivity (Wildman–Crippen MR) is 115 cm³/mol. The fraction of sp³-hybridized carbons (Fsp3) is 0.0833. The van der Waals surface area contributed by atoms with Gasteiger partial charge in [-0.25, -0.2) is 4.57 Å². The molecule has 0 aliphatic rings. The summed E-state index contributed by atoms with van der Waals surface area (Å²) < 4.78 is 26.0. The zero-order valence-corrected chi connectivity index (χ0v) is 17.3. The van der Waals surface area contributed by atoms with Crippen molar-refractivity contribution in [3.8, 4) is 17.6 Å². The number of carbonyl (C=O) groups is 1. The number of carbonyl (C=O) groups excluding carboxylic acids is 1. The van der Waals surface area contributed by atoms with E-state index in [9.17, 15) is 9.36 Å². The summed E-state index contributed by atoms with van der Waals surface area (Å²) in [6.45, 7) is 5.23. The van der Waals surface area contributed by atoms with Gasteiger partial charge in [0.05, 0.1) is 11.6 Å². The lowest BCUT2D eigenvalue weighted by Gasteiger charge is -2.28. The molecule has 3 aromatic rings. The summed E-state index contributed by atoms with van der Waals surface area (Å²) in [6.07, 6.45) is 0. The average molecular weight is 417 g/mol. The summed E-state index contributed by atoms with van der Waals surface area (Å²) in [6, 6.07) is 25.7. The molecule has 30 heavy (non-hydrogen) atoms. The predicted octanol–water partition coefficient (Wildman–Crippen LogP) is 6.10. The minimum absolute atomic E-state index is 0.0925. The van der Waals surface area contributed by atoms with Crippen molar-refractivity contribution in [2.24, 2.45) is 0 Å². The van der Waals surface area contributed by atoms with Crippen LogP contribution in [0, 0.1) is 11.3 Å². The van der Waals surface area contributed by atoms with Crippen LogP contribution in [0.5, 0.6) is 11.5 Å². The van der Waals surface area contributed by atoms with Crippen molar-refractivity contribution in [2.45, 2.75) is 12.6 Å². The molecule has 0 aliphatic heterocycles. The molecule has 0 saturated carbocycles. The molecule has 150 valence electrons. The third-order valence-corrected chi connectivity index (χ3v) is 6.58. The monoisotopic (exact) mass is 417 g/mol. The number of hydrogen-bond acceptors (Lipinski definition) is 5. The summed E-state index contributed by atoms with van der Waals surface area (Å²) in [5.41, 5.74) is -0.0174. The van der Waals surface area contributed by atoms with E-state index in [1.54, 1.807) is 72.8 Å². The maximum absolute atomic E-state index is 14.2. The lowest BCUT2D eigenvalue weighted by atomic mass is 10.0. The number of hydrogen-bond donors (Lipinski definition) is 0. The van der Waals surface area contributed by atoms with Gasteiger partial charge in [-0.1, -0.05) is 55.1 Å². The topological polar surface area (TPSA) is 76.4 Å². The van der Waals surface area contributed by atoms with Crippen LogP contribution in [0.2, 0.25) is 0 Å². The Kier molecular flexibility index (Phi) is 6.51. The number of nitriles is 1. The van der Waals surface area contributed by atoms with Crippen LogP contribution in [0.4, 0.5) is 0 Å². The van der Waals surface area contributed by atoms with Crippen LogP contribution in [0.15, 0.2) is 97.1 Å². The highest BCUT2D eigenvalue weighted by Crippen LogP contribution is 2.62. The van der Waals surface area contributed by atoms with Crippen LogP contribution in [-0.4, -0.2) is 5.78 Å². The van der Waals surface area contributed by atoms with Gasteiger partial charge in [-0.15, -0.1) is 0 Å². The SMILES string of the molecule is C=C(C(C)=O)C(c1ccc(C#N)cc1)P(=O)(Oc1ccccc1)Oc1ccccc1. The van der Waals surface area contributed by atoms with Gasteiger partial charge in [0.15, 0.2) is 5.78 Å². The molecule has 0 aromatic heterocycles. The molecule has 0 N–H and O–H groups in total. The summed E-state index contributed by atoms with van der Waals surface area (Å²) in [5, 5.41) is 9.09. The fourth-order valence-electron chi connectivity index (χ4n) is 2.89. The van der Waals surface area contributed by atoms with Crippen LogP contribution < -0.4 is 9.05 Å². The zero-order valence-electron chi connectivity index (χ0n) is 16.4. The minimum atomic E-state index is -4.03. The van der Waals surface area contributed by atoms with Gasteiger partial charge in [-0.3, -0.25) is 4.79 Å². The number of para-hydroxylation sites is 2. The van der Waals surface area contributed by atoms with Gasteiger partial charge in [0.25, 0.3) is 0 Å². The van der Waals surface area contributed by atoms with Gasteiger partial charge in [0.2, 0.25) is 0 Å². The maximum atomic E-state index is 14.2. The second-order valence-electron chi connectivity index (χ2n) is 6.57. The van der Waals surface area contributed by atoms with Crippen molar-refractivity contribution in [3.63, 3.8) is 0 Å². The third-order valence-electron chi connectivity index (χ3n) is 4.41. The molecule has 3 rings (SSSR count). The minimum Gasteiger partial charge on any atom is -0.415 e. The summed E-state index contributed by atoms with van der Waals surface area (Å²) in [5.74, 6) is 0.344. The summed E-state index contributed by atoms with van der Waals surface area (Å²) in [4.78, 5) is 12.2. The Labute approximate surface area is 175 Å². The van der Waals surface area contributed by atoms with E-state index < -0.39 is 13.3 Å². The van der Waals surface area contributed by atoms with Crippen molar-refractivity contribution < 1.29 is 18.4 Å². The average Bonchev–Trinajstić information content (AvgIpc) is 2.75. The van der Waals surface area contributed by atoms with E-state index in [0.717, 1.165) is 0 Å². The van der Waals surface area contributed by atoms with E-state index >= 15 is 0 Å². The second-order valence-corrected chi connectivity index (χ2v) is 8.53. The number of Topliss-reactive ketones (excluding diaryl/α,β-unsaturated/α-hetero) is 1. The molecular formula is C24H20NO4P. The van der Waals surface area contributed by atoms with E-state index in [0.29, 0.717) is 22.6 Å². The van der Waals surface area contributed by atoms with Crippen molar-refractivity contribution in [1.29, 1.82) is 5.26 Å². The third kappa shape index (κ3) is 4.86. The largest absolute Gasteiger partial charge is 0.442 e. The Morgan fingerprint density at radius 2 is 1.37 bits per heavy atom. The lowest BCUT2D eigenvalue weighted by Crippen LogP contribution is -2.16. The highest BCUT2D eigenvalue weighted by Gasteiger charge is 2.43. The Bertz CT molecular complexity index is 1070. The van der Waals surface area contributed by atoms with Crippen LogP contribution in [-0.2, 0) is 9.36 Å². The molecule has 0 aliphatic carbocycles. The Morgan fingerprint density at radius 1 is 0.900 bits per heavy atom. The van der Waals surface area contributed by atoms with Gasteiger partial charge in [0.1, 0.15) is 17.2 Å². The first-order chi connectivity index (χ1) is 14.4. The maximum Gasteiger partial charge on any atom is 0.442 e. The normalized spacial score (nSPS) is 11.7. The van der Waals surface area contributed by atoms with Crippen molar-refractivity contribution >= 4 is 13.4 Å². The molecule has 5 nitrogen and oxygen atoms in total. The number of allylic oxidation sites excluding steroid dienone is 1. The molecule has 0 saturated heterocycles. The van der Waals surface area contributed by atoms with Gasteiger partial charge in [-0.2, -0.15) is 5.26 Å². The number of benzene rings is 3. The lowest BCUT2D eigenvalue weighted by molar-refractivity contribution is -0.113. The summed E-state index contributed by atoms with van der Waals surface area (Å²) >= 11 is 0. The Balaban J connectivity index is 2.14. The van der Waals surface area contributed by atoms with Gasteiger partial charge >= 0.3 is 7.60 Å². The van der Waals surface area contributed by atoms with Crippen LogP contribution in [0.3, 0.4) is 0 Å².